The molecule has 0 amide bonds. The van der Waals surface area contributed by atoms with E-state index in [1.807, 2.05) is 16.9 Å². The standard InChI is InChI=1S/C12H23N5S/c1-4-17-9-6-11(15-17)10-14-12(18)13-7-5-8-16(2)3/h6,9H,4-5,7-8,10H2,1-3H3,(H2,13,14,18). The number of nitrogens with zero attached hydrogens (tertiary/aromatic N) is 3. The molecule has 0 bridgehead atoms. The van der Waals surface area contributed by atoms with E-state index in [2.05, 4.69) is 41.7 Å². The van der Waals surface area contributed by atoms with Gasteiger partial charge in [0.05, 0.1) is 12.2 Å². The number of aromatic nitrogens is 2. The molecule has 0 spiro atoms. The first-order valence-electron chi connectivity index (χ1n) is 6.30. The molecule has 0 saturated carbocycles. The summed E-state index contributed by atoms with van der Waals surface area (Å²) in [6, 6.07) is 2.01. The molecule has 0 aliphatic rings. The van der Waals surface area contributed by atoms with Crippen LogP contribution in [0, 0.1) is 0 Å². The molecule has 5 nitrogen and oxygen atoms in total. The van der Waals surface area contributed by atoms with Gasteiger partial charge in [-0.2, -0.15) is 5.10 Å². The fraction of sp³-hybridized carbons (Fsp3) is 0.667. The number of hydrogen-bond donors (Lipinski definition) is 2. The second-order valence-electron chi connectivity index (χ2n) is 4.43. The Morgan fingerprint density at radius 1 is 1.44 bits per heavy atom. The summed E-state index contributed by atoms with van der Waals surface area (Å²) < 4.78 is 1.91. The first-order valence-corrected chi connectivity index (χ1v) is 6.71. The number of hydrogen-bond acceptors (Lipinski definition) is 3. The van der Waals surface area contributed by atoms with E-state index in [-0.39, 0.29) is 0 Å². The van der Waals surface area contributed by atoms with Crippen LogP contribution in [0.4, 0.5) is 0 Å². The van der Waals surface area contributed by atoms with Gasteiger partial charge in [-0.1, -0.05) is 0 Å². The highest BCUT2D eigenvalue weighted by Crippen LogP contribution is 1.94. The van der Waals surface area contributed by atoms with Crippen molar-refractivity contribution in [3.8, 4) is 0 Å². The lowest BCUT2D eigenvalue weighted by atomic mass is 10.4. The van der Waals surface area contributed by atoms with E-state index in [1.165, 1.54) is 0 Å². The van der Waals surface area contributed by atoms with Crippen molar-refractivity contribution in [3.63, 3.8) is 0 Å². The van der Waals surface area contributed by atoms with Crippen molar-refractivity contribution in [2.75, 3.05) is 27.2 Å². The summed E-state index contributed by atoms with van der Waals surface area (Å²) in [7, 11) is 4.14. The molecule has 1 rings (SSSR count). The van der Waals surface area contributed by atoms with Crippen LogP contribution in [0.2, 0.25) is 0 Å². The van der Waals surface area contributed by atoms with Gasteiger partial charge >= 0.3 is 0 Å². The second-order valence-corrected chi connectivity index (χ2v) is 4.84. The van der Waals surface area contributed by atoms with Gasteiger partial charge in [0.1, 0.15) is 0 Å². The van der Waals surface area contributed by atoms with Crippen molar-refractivity contribution < 1.29 is 0 Å². The summed E-state index contributed by atoms with van der Waals surface area (Å²) in [6.45, 7) is 5.60. The predicted molar refractivity (Wildman–Crippen MR) is 78.5 cm³/mol. The monoisotopic (exact) mass is 269 g/mol. The maximum Gasteiger partial charge on any atom is 0.166 e. The molecular weight excluding hydrogens is 246 g/mol. The zero-order chi connectivity index (χ0) is 13.4. The van der Waals surface area contributed by atoms with E-state index in [4.69, 9.17) is 12.2 Å². The van der Waals surface area contributed by atoms with Gasteiger partial charge in [-0.25, -0.2) is 0 Å². The third-order valence-electron chi connectivity index (χ3n) is 2.52. The van der Waals surface area contributed by atoms with E-state index in [9.17, 15) is 0 Å². The Labute approximate surface area is 115 Å². The average Bonchev–Trinajstić information content (AvgIpc) is 2.80. The van der Waals surface area contributed by atoms with Crippen LogP contribution in [0.15, 0.2) is 12.3 Å². The third-order valence-corrected chi connectivity index (χ3v) is 2.81. The smallest absolute Gasteiger partial charge is 0.166 e. The van der Waals surface area contributed by atoms with Gasteiger partial charge < -0.3 is 15.5 Å². The topological polar surface area (TPSA) is 45.1 Å². The van der Waals surface area contributed by atoms with Crippen molar-refractivity contribution >= 4 is 17.3 Å². The van der Waals surface area contributed by atoms with Crippen molar-refractivity contribution in [3.05, 3.63) is 18.0 Å². The zero-order valence-electron chi connectivity index (χ0n) is 11.4. The predicted octanol–water partition coefficient (Wildman–Crippen LogP) is 0.819. The maximum atomic E-state index is 5.20. The van der Waals surface area contributed by atoms with Gasteiger partial charge in [0.25, 0.3) is 0 Å². The molecule has 1 heterocycles. The highest BCUT2D eigenvalue weighted by molar-refractivity contribution is 7.80. The highest BCUT2D eigenvalue weighted by atomic mass is 32.1. The molecule has 1 aromatic rings. The summed E-state index contributed by atoms with van der Waals surface area (Å²) in [5, 5.41) is 11.4. The lowest BCUT2D eigenvalue weighted by Gasteiger charge is -2.12. The van der Waals surface area contributed by atoms with Crippen LogP contribution in [0.5, 0.6) is 0 Å². The van der Waals surface area contributed by atoms with Crippen LogP contribution in [0.3, 0.4) is 0 Å². The average molecular weight is 269 g/mol. The fourth-order valence-corrected chi connectivity index (χ4v) is 1.68. The number of rotatable bonds is 7. The Hall–Kier alpha value is -1.14. The van der Waals surface area contributed by atoms with Gasteiger partial charge in [-0.15, -0.1) is 0 Å². The maximum absolute atomic E-state index is 5.20. The highest BCUT2D eigenvalue weighted by Gasteiger charge is 1.99. The fourth-order valence-electron chi connectivity index (χ4n) is 1.50. The second kappa shape index (κ2) is 8.05. The van der Waals surface area contributed by atoms with Crippen LogP contribution in [0.25, 0.3) is 0 Å². The molecule has 0 fully saturated rings. The summed E-state index contributed by atoms with van der Waals surface area (Å²) >= 11 is 5.20. The van der Waals surface area contributed by atoms with Crippen LogP contribution >= 0.6 is 12.2 Å². The molecule has 6 heteroatoms. The van der Waals surface area contributed by atoms with Gasteiger partial charge in [-0.05, 0) is 52.3 Å². The van der Waals surface area contributed by atoms with E-state index in [0.29, 0.717) is 11.7 Å². The summed E-state index contributed by atoms with van der Waals surface area (Å²) in [5.41, 5.74) is 1.01. The lowest BCUT2D eigenvalue weighted by molar-refractivity contribution is 0.400. The molecular formula is C12H23N5S. The molecule has 0 radical (unpaired) electrons. The minimum absolute atomic E-state index is 0.673. The van der Waals surface area contributed by atoms with E-state index >= 15 is 0 Å². The quantitative estimate of drug-likeness (QED) is 0.567. The van der Waals surface area contributed by atoms with Crippen LogP contribution in [-0.4, -0.2) is 47.0 Å². The van der Waals surface area contributed by atoms with Gasteiger partial charge in [0.2, 0.25) is 0 Å². The Morgan fingerprint density at radius 2 is 2.22 bits per heavy atom. The minimum atomic E-state index is 0.673. The third kappa shape index (κ3) is 5.97. The number of nitrogens with one attached hydrogen (secondary N) is 2. The van der Waals surface area contributed by atoms with Crippen molar-refractivity contribution in [2.45, 2.75) is 26.4 Å². The van der Waals surface area contributed by atoms with Gasteiger partial charge in [-0.3, -0.25) is 4.68 Å². The van der Waals surface area contributed by atoms with Crippen molar-refractivity contribution in [1.82, 2.24) is 25.3 Å². The Balaban J connectivity index is 2.13. The molecule has 0 aliphatic heterocycles. The molecule has 0 aliphatic carbocycles. The number of aryl methyl sites for hydroxylation is 1. The van der Waals surface area contributed by atoms with Gasteiger partial charge in [0, 0.05) is 19.3 Å². The van der Waals surface area contributed by atoms with Gasteiger partial charge in [0.15, 0.2) is 5.11 Å². The Morgan fingerprint density at radius 3 is 2.83 bits per heavy atom. The van der Waals surface area contributed by atoms with E-state index < -0.39 is 0 Å². The van der Waals surface area contributed by atoms with Crippen molar-refractivity contribution in [2.24, 2.45) is 0 Å². The minimum Gasteiger partial charge on any atom is -0.363 e. The SMILES string of the molecule is CCn1ccc(CNC(=S)NCCCN(C)C)n1. The van der Waals surface area contributed by atoms with Crippen LogP contribution < -0.4 is 10.6 Å². The first-order chi connectivity index (χ1) is 8.61. The van der Waals surface area contributed by atoms with Crippen LogP contribution in [-0.2, 0) is 13.1 Å². The lowest BCUT2D eigenvalue weighted by Crippen LogP contribution is -2.36. The first kappa shape index (κ1) is 14.9. The molecule has 102 valence electrons. The Kier molecular flexibility index (Phi) is 6.67. The summed E-state index contributed by atoms with van der Waals surface area (Å²) in [4.78, 5) is 2.16. The summed E-state index contributed by atoms with van der Waals surface area (Å²) in [5.74, 6) is 0. The molecule has 0 aromatic carbocycles. The number of thiocarbonyl (C=S) groups is 1. The molecule has 1 aromatic heterocycles. The normalized spacial score (nSPS) is 10.7. The zero-order valence-corrected chi connectivity index (χ0v) is 12.3. The molecule has 0 unspecified atom stereocenters. The van der Waals surface area contributed by atoms with E-state index in [0.717, 1.165) is 31.7 Å². The molecule has 0 atom stereocenters. The molecule has 18 heavy (non-hydrogen) atoms. The van der Waals surface area contributed by atoms with Crippen LogP contribution in [0.1, 0.15) is 19.0 Å². The largest absolute Gasteiger partial charge is 0.363 e. The Bertz CT molecular complexity index is 361. The van der Waals surface area contributed by atoms with E-state index in [1.54, 1.807) is 0 Å². The molecule has 0 saturated heterocycles. The summed E-state index contributed by atoms with van der Waals surface area (Å²) in [6.07, 6.45) is 3.06. The van der Waals surface area contributed by atoms with Crippen molar-refractivity contribution in [1.29, 1.82) is 0 Å². The molecule has 2 N–H and O–H groups in total.